The molecule has 1 aromatic carbocycles. The van der Waals surface area contributed by atoms with Crippen LogP contribution < -0.4 is 9.47 Å². The van der Waals surface area contributed by atoms with Crippen molar-refractivity contribution in [3.8, 4) is 11.5 Å². The van der Waals surface area contributed by atoms with Crippen molar-refractivity contribution in [2.24, 2.45) is 0 Å². The van der Waals surface area contributed by atoms with E-state index in [1.807, 2.05) is 30.7 Å². The molecule has 7 heteroatoms. The van der Waals surface area contributed by atoms with E-state index in [-0.39, 0.29) is 19.3 Å². The van der Waals surface area contributed by atoms with Gasteiger partial charge in [-0.3, -0.25) is 0 Å². The number of hydrogen-bond acceptors (Lipinski definition) is 6. The monoisotopic (exact) mass is 369 g/mol. The summed E-state index contributed by atoms with van der Waals surface area (Å²) in [6.45, 7) is 6.27. The first kappa shape index (κ1) is 18.7. The van der Waals surface area contributed by atoms with E-state index in [2.05, 4.69) is 10.1 Å². The lowest BCUT2D eigenvalue weighted by molar-refractivity contribution is 0.0449. The van der Waals surface area contributed by atoms with E-state index in [0.29, 0.717) is 17.0 Å². The summed E-state index contributed by atoms with van der Waals surface area (Å²) in [5, 5.41) is 5.15. The quantitative estimate of drug-likeness (QED) is 0.468. The van der Waals surface area contributed by atoms with Gasteiger partial charge in [0.05, 0.1) is 24.6 Å². The second-order valence-electron chi connectivity index (χ2n) is 6.38. The van der Waals surface area contributed by atoms with E-state index >= 15 is 0 Å². The zero-order valence-electron chi connectivity index (χ0n) is 15.9. The Bertz CT molecular complexity index is 932. The molecule has 0 atom stereocenters. The topological polar surface area (TPSA) is 75.5 Å². The lowest BCUT2D eigenvalue weighted by Gasteiger charge is -2.10. The Morgan fingerprint density at radius 3 is 2.52 bits per heavy atom. The van der Waals surface area contributed by atoms with Crippen LogP contribution in [0.2, 0.25) is 0 Å². The van der Waals surface area contributed by atoms with Gasteiger partial charge in [-0.15, -0.1) is 0 Å². The third kappa shape index (κ3) is 4.19. The minimum absolute atomic E-state index is 0.146. The minimum Gasteiger partial charge on any atom is -0.497 e. The van der Waals surface area contributed by atoms with Gasteiger partial charge in [-0.2, -0.15) is 5.10 Å². The number of benzene rings is 1. The molecule has 0 aliphatic rings. The van der Waals surface area contributed by atoms with Crippen LogP contribution in [0.3, 0.4) is 0 Å². The first-order valence-corrected chi connectivity index (χ1v) is 8.78. The molecular formula is C20H23N3O4. The number of methoxy groups -OCH3 is 1. The van der Waals surface area contributed by atoms with Crippen LogP contribution in [0, 0.1) is 6.92 Å². The number of ether oxygens (including phenoxy) is 3. The number of nitrogens with zero attached hydrogens (tertiary/aromatic N) is 3. The third-order valence-corrected chi connectivity index (χ3v) is 4.11. The summed E-state index contributed by atoms with van der Waals surface area (Å²) in [6.07, 6.45) is 1.71. The first-order chi connectivity index (χ1) is 13.0. The normalized spacial score (nSPS) is 11.0. The summed E-state index contributed by atoms with van der Waals surface area (Å²) < 4.78 is 17.8. The van der Waals surface area contributed by atoms with Crippen LogP contribution in [0.1, 0.15) is 35.9 Å². The maximum absolute atomic E-state index is 12.4. The predicted octanol–water partition coefficient (Wildman–Crippen LogP) is 3.57. The minimum atomic E-state index is -0.419. The highest BCUT2D eigenvalue weighted by Gasteiger charge is 2.16. The first-order valence-electron chi connectivity index (χ1n) is 8.78. The zero-order valence-corrected chi connectivity index (χ0v) is 15.9. The Morgan fingerprint density at radius 1 is 1.15 bits per heavy atom. The van der Waals surface area contributed by atoms with Crippen molar-refractivity contribution in [2.75, 3.05) is 20.3 Å². The average Bonchev–Trinajstić information content (AvgIpc) is 3.07. The molecule has 0 radical (unpaired) electrons. The largest absolute Gasteiger partial charge is 0.497 e. The molecule has 0 aliphatic carbocycles. The van der Waals surface area contributed by atoms with Gasteiger partial charge in [0, 0.05) is 11.4 Å². The molecule has 27 heavy (non-hydrogen) atoms. The van der Waals surface area contributed by atoms with Gasteiger partial charge in [0.15, 0.2) is 5.65 Å². The SMILES string of the molecule is COc1ccc(OCCOC(=O)c2cc3cnn(C(C)C)c3nc2C)cc1. The lowest BCUT2D eigenvalue weighted by Crippen LogP contribution is -2.14. The molecule has 7 nitrogen and oxygen atoms in total. The number of hydrogen-bond donors (Lipinski definition) is 0. The van der Waals surface area contributed by atoms with Gasteiger partial charge >= 0.3 is 5.97 Å². The maximum atomic E-state index is 12.4. The summed E-state index contributed by atoms with van der Waals surface area (Å²) in [5.74, 6) is 1.03. The molecule has 0 amide bonds. The molecule has 2 heterocycles. The number of aryl methyl sites for hydroxylation is 1. The zero-order chi connectivity index (χ0) is 19.4. The molecule has 0 N–H and O–H groups in total. The van der Waals surface area contributed by atoms with Crippen LogP contribution in [-0.2, 0) is 4.74 Å². The molecule has 0 bridgehead atoms. The van der Waals surface area contributed by atoms with Crippen LogP contribution in [0.15, 0.2) is 36.5 Å². The number of aromatic nitrogens is 3. The van der Waals surface area contributed by atoms with Crippen molar-refractivity contribution < 1.29 is 19.0 Å². The van der Waals surface area contributed by atoms with E-state index in [0.717, 1.165) is 16.8 Å². The number of pyridine rings is 1. The molecule has 0 fully saturated rings. The van der Waals surface area contributed by atoms with Crippen molar-refractivity contribution >= 4 is 17.0 Å². The Morgan fingerprint density at radius 2 is 1.85 bits per heavy atom. The molecule has 0 spiro atoms. The van der Waals surface area contributed by atoms with E-state index in [1.165, 1.54) is 0 Å². The van der Waals surface area contributed by atoms with Crippen LogP contribution in [0.4, 0.5) is 0 Å². The third-order valence-electron chi connectivity index (χ3n) is 4.11. The number of carbonyl (C=O) groups is 1. The van der Waals surface area contributed by atoms with Crippen LogP contribution >= 0.6 is 0 Å². The van der Waals surface area contributed by atoms with Crippen molar-refractivity contribution in [2.45, 2.75) is 26.8 Å². The molecule has 3 aromatic rings. The number of fused-ring (bicyclic) bond motifs is 1. The van der Waals surface area contributed by atoms with Crippen molar-refractivity contribution in [1.29, 1.82) is 0 Å². The summed E-state index contributed by atoms with van der Waals surface area (Å²) in [5.41, 5.74) is 1.82. The van der Waals surface area contributed by atoms with Crippen molar-refractivity contribution in [1.82, 2.24) is 14.8 Å². The number of rotatable bonds is 7. The molecular weight excluding hydrogens is 346 g/mol. The predicted molar refractivity (Wildman–Crippen MR) is 101 cm³/mol. The molecule has 142 valence electrons. The highest BCUT2D eigenvalue weighted by atomic mass is 16.6. The van der Waals surface area contributed by atoms with Crippen LogP contribution in [-0.4, -0.2) is 41.1 Å². The smallest absolute Gasteiger partial charge is 0.340 e. The Hall–Kier alpha value is -3.09. The van der Waals surface area contributed by atoms with E-state index < -0.39 is 5.97 Å². The molecule has 0 aliphatic heterocycles. The maximum Gasteiger partial charge on any atom is 0.340 e. The molecule has 2 aromatic heterocycles. The second kappa shape index (κ2) is 8.07. The van der Waals surface area contributed by atoms with Gasteiger partial charge in [-0.05, 0) is 51.1 Å². The molecule has 0 saturated carbocycles. The van der Waals surface area contributed by atoms with Crippen LogP contribution in [0.25, 0.3) is 11.0 Å². The van der Waals surface area contributed by atoms with E-state index in [4.69, 9.17) is 14.2 Å². The van der Waals surface area contributed by atoms with E-state index in [1.54, 1.807) is 38.4 Å². The summed E-state index contributed by atoms with van der Waals surface area (Å²) >= 11 is 0. The lowest BCUT2D eigenvalue weighted by atomic mass is 10.2. The summed E-state index contributed by atoms with van der Waals surface area (Å²) in [6, 6.07) is 9.19. The van der Waals surface area contributed by atoms with Gasteiger partial charge in [-0.1, -0.05) is 0 Å². The Labute approximate surface area is 157 Å². The molecule has 0 saturated heterocycles. The van der Waals surface area contributed by atoms with Crippen molar-refractivity contribution in [3.63, 3.8) is 0 Å². The van der Waals surface area contributed by atoms with Crippen molar-refractivity contribution in [3.05, 3.63) is 47.8 Å². The van der Waals surface area contributed by atoms with Crippen LogP contribution in [0.5, 0.6) is 11.5 Å². The molecule has 0 unspecified atom stereocenters. The molecule has 3 rings (SSSR count). The van der Waals surface area contributed by atoms with E-state index in [9.17, 15) is 4.79 Å². The van der Waals surface area contributed by atoms with Gasteiger partial charge in [0.2, 0.25) is 0 Å². The standard InChI is InChI=1S/C20H23N3O4/c1-13(2)23-19-15(12-21-23)11-18(14(3)22-19)20(24)27-10-9-26-17-7-5-16(25-4)6-8-17/h5-8,11-13H,9-10H2,1-4H3. The van der Waals surface area contributed by atoms with Gasteiger partial charge < -0.3 is 14.2 Å². The van der Waals surface area contributed by atoms with Gasteiger partial charge in [0.25, 0.3) is 0 Å². The fourth-order valence-corrected chi connectivity index (χ4v) is 2.69. The second-order valence-corrected chi connectivity index (χ2v) is 6.38. The summed E-state index contributed by atoms with van der Waals surface area (Å²) in [7, 11) is 1.61. The number of esters is 1. The average molecular weight is 369 g/mol. The van der Waals surface area contributed by atoms with Gasteiger partial charge in [0.1, 0.15) is 24.7 Å². The fourth-order valence-electron chi connectivity index (χ4n) is 2.69. The summed E-state index contributed by atoms with van der Waals surface area (Å²) in [4.78, 5) is 16.9. The Balaban J connectivity index is 1.59. The fraction of sp³-hybridized carbons (Fsp3) is 0.350. The Kier molecular flexibility index (Phi) is 5.59. The van der Waals surface area contributed by atoms with Gasteiger partial charge in [-0.25, -0.2) is 14.5 Å². The highest BCUT2D eigenvalue weighted by Crippen LogP contribution is 2.20. The highest BCUT2D eigenvalue weighted by molar-refractivity contribution is 5.94. The number of carbonyl (C=O) groups excluding carboxylic acids is 1.